The van der Waals surface area contributed by atoms with Crippen LogP contribution in [0.15, 0.2) is 11.4 Å². The van der Waals surface area contributed by atoms with Gasteiger partial charge in [0.05, 0.1) is 5.54 Å². The van der Waals surface area contributed by atoms with Gasteiger partial charge < -0.3 is 5.32 Å². The zero-order valence-corrected chi connectivity index (χ0v) is 11.3. The Hall–Kier alpha value is -0.340. The van der Waals surface area contributed by atoms with Crippen LogP contribution in [0.5, 0.6) is 0 Å². The third-order valence-electron chi connectivity index (χ3n) is 3.69. The number of rotatable bonds is 5. The molecule has 1 atom stereocenters. The average Bonchev–Trinajstić information content (AvgIpc) is 2.75. The Morgan fingerprint density at radius 3 is 3.06 bits per heavy atom. The van der Waals surface area contributed by atoms with Crippen LogP contribution in [-0.4, -0.2) is 6.54 Å². The van der Waals surface area contributed by atoms with Gasteiger partial charge in [0.2, 0.25) is 0 Å². The third-order valence-corrected chi connectivity index (χ3v) is 4.91. The van der Waals surface area contributed by atoms with Crippen molar-refractivity contribution in [3.8, 4) is 0 Å². The van der Waals surface area contributed by atoms with Crippen molar-refractivity contribution in [1.29, 1.82) is 0 Å². The fourth-order valence-electron chi connectivity index (χ4n) is 2.68. The maximum absolute atomic E-state index is 3.73. The van der Waals surface area contributed by atoms with Gasteiger partial charge in [-0.1, -0.05) is 32.6 Å². The van der Waals surface area contributed by atoms with Crippen LogP contribution in [0.3, 0.4) is 0 Å². The normalized spacial score (nSPS) is 24.4. The van der Waals surface area contributed by atoms with E-state index in [0.29, 0.717) is 0 Å². The van der Waals surface area contributed by atoms with Gasteiger partial charge in [-0.25, -0.2) is 0 Å². The summed E-state index contributed by atoms with van der Waals surface area (Å²) in [5.41, 5.74) is 1.84. The van der Waals surface area contributed by atoms with Gasteiger partial charge in [0, 0.05) is 11.4 Å². The van der Waals surface area contributed by atoms with Crippen LogP contribution < -0.4 is 5.32 Å². The SMILES string of the molecule is CCCCCCC1(C)NCCc2ccsc21. The van der Waals surface area contributed by atoms with Crippen molar-refractivity contribution in [3.05, 3.63) is 21.9 Å². The zero-order chi connectivity index (χ0) is 11.4. The number of fused-ring (bicyclic) bond motifs is 1. The first-order valence-electron chi connectivity index (χ1n) is 6.58. The van der Waals surface area contributed by atoms with Gasteiger partial charge in [-0.2, -0.15) is 0 Å². The van der Waals surface area contributed by atoms with Crippen LogP contribution in [0.2, 0.25) is 0 Å². The summed E-state index contributed by atoms with van der Waals surface area (Å²) in [6.45, 7) is 5.80. The van der Waals surface area contributed by atoms with Gasteiger partial charge in [-0.15, -0.1) is 11.3 Å². The van der Waals surface area contributed by atoms with Crippen LogP contribution in [0, 0.1) is 0 Å². The zero-order valence-electron chi connectivity index (χ0n) is 10.5. The lowest BCUT2D eigenvalue weighted by Gasteiger charge is -2.35. The van der Waals surface area contributed by atoms with Crippen molar-refractivity contribution >= 4 is 11.3 Å². The Morgan fingerprint density at radius 1 is 1.38 bits per heavy atom. The molecule has 0 saturated heterocycles. The standard InChI is InChI=1S/C14H23NS/c1-3-4-5-6-9-14(2)13-12(7-10-15-14)8-11-16-13/h8,11,15H,3-7,9-10H2,1-2H3. The van der Waals surface area contributed by atoms with E-state index < -0.39 is 0 Å². The van der Waals surface area contributed by atoms with E-state index in [2.05, 4.69) is 30.6 Å². The van der Waals surface area contributed by atoms with E-state index in [1.807, 2.05) is 11.3 Å². The topological polar surface area (TPSA) is 12.0 Å². The van der Waals surface area contributed by atoms with E-state index in [0.717, 1.165) is 6.54 Å². The number of nitrogens with one attached hydrogen (secondary N) is 1. The molecule has 0 fully saturated rings. The molecule has 2 rings (SSSR count). The molecule has 1 unspecified atom stereocenters. The van der Waals surface area contributed by atoms with Gasteiger partial charge >= 0.3 is 0 Å². The highest BCUT2D eigenvalue weighted by Gasteiger charge is 2.31. The van der Waals surface area contributed by atoms with Gasteiger partial charge in [0.25, 0.3) is 0 Å². The van der Waals surface area contributed by atoms with Gasteiger partial charge in [0.1, 0.15) is 0 Å². The summed E-state index contributed by atoms with van der Waals surface area (Å²) in [7, 11) is 0. The molecule has 1 N–H and O–H groups in total. The second-order valence-corrected chi connectivity index (χ2v) is 6.01. The molecule has 1 aliphatic rings. The Kier molecular flexibility index (Phi) is 4.04. The molecule has 2 heteroatoms. The predicted octanol–water partition coefficient (Wildman–Crippen LogP) is 4.08. The van der Waals surface area contributed by atoms with Crippen molar-refractivity contribution < 1.29 is 0 Å². The molecule has 1 aromatic heterocycles. The Bertz CT molecular complexity index is 331. The minimum absolute atomic E-state index is 0.259. The lowest BCUT2D eigenvalue weighted by atomic mass is 9.86. The summed E-state index contributed by atoms with van der Waals surface area (Å²) in [6, 6.07) is 2.31. The minimum Gasteiger partial charge on any atom is -0.307 e. The maximum Gasteiger partial charge on any atom is 0.0503 e. The first-order valence-corrected chi connectivity index (χ1v) is 7.46. The summed E-state index contributed by atoms with van der Waals surface area (Å²) in [6.07, 6.45) is 7.95. The van der Waals surface area contributed by atoms with Gasteiger partial charge in [-0.05, 0) is 36.8 Å². The fourth-order valence-corrected chi connectivity index (χ4v) is 3.80. The van der Waals surface area contributed by atoms with Crippen molar-refractivity contribution in [3.63, 3.8) is 0 Å². The van der Waals surface area contributed by atoms with Crippen molar-refractivity contribution in [2.75, 3.05) is 6.54 Å². The largest absolute Gasteiger partial charge is 0.307 e. The molecule has 16 heavy (non-hydrogen) atoms. The molecule has 0 spiro atoms. The second-order valence-electron chi connectivity index (χ2n) is 5.09. The molecular weight excluding hydrogens is 214 g/mol. The lowest BCUT2D eigenvalue weighted by molar-refractivity contribution is 0.318. The van der Waals surface area contributed by atoms with Crippen LogP contribution in [0.4, 0.5) is 0 Å². The van der Waals surface area contributed by atoms with Crippen LogP contribution in [0.25, 0.3) is 0 Å². The first-order chi connectivity index (χ1) is 7.76. The maximum atomic E-state index is 3.73. The molecule has 90 valence electrons. The van der Waals surface area contributed by atoms with E-state index in [9.17, 15) is 0 Å². The van der Waals surface area contributed by atoms with Crippen molar-refractivity contribution in [2.45, 2.75) is 57.9 Å². The van der Waals surface area contributed by atoms with E-state index in [1.54, 1.807) is 10.4 Å². The highest BCUT2D eigenvalue weighted by Crippen LogP contribution is 2.36. The second kappa shape index (κ2) is 5.33. The molecule has 0 bridgehead atoms. The molecule has 0 radical (unpaired) electrons. The third kappa shape index (κ3) is 2.49. The van der Waals surface area contributed by atoms with E-state index in [-0.39, 0.29) is 5.54 Å². The quantitative estimate of drug-likeness (QED) is 0.761. The number of hydrogen-bond acceptors (Lipinski definition) is 2. The first kappa shape index (κ1) is 12.1. The molecule has 2 heterocycles. The lowest BCUT2D eigenvalue weighted by Crippen LogP contribution is -2.43. The molecular formula is C14H23NS. The van der Waals surface area contributed by atoms with E-state index >= 15 is 0 Å². The van der Waals surface area contributed by atoms with Gasteiger partial charge in [0.15, 0.2) is 0 Å². The molecule has 1 nitrogen and oxygen atoms in total. The highest BCUT2D eigenvalue weighted by molar-refractivity contribution is 7.10. The van der Waals surface area contributed by atoms with Crippen LogP contribution >= 0.6 is 11.3 Å². The summed E-state index contributed by atoms with van der Waals surface area (Å²) in [5.74, 6) is 0. The summed E-state index contributed by atoms with van der Waals surface area (Å²) in [5, 5.41) is 5.98. The van der Waals surface area contributed by atoms with Crippen LogP contribution in [0.1, 0.15) is 56.4 Å². The monoisotopic (exact) mass is 237 g/mol. The van der Waals surface area contributed by atoms with E-state index in [4.69, 9.17) is 0 Å². The summed E-state index contributed by atoms with van der Waals surface area (Å²) in [4.78, 5) is 1.59. The summed E-state index contributed by atoms with van der Waals surface area (Å²) >= 11 is 1.93. The molecule has 0 amide bonds. The van der Waals surface area contributed by atoms with Crippen LogP contribution in [-0.2, 0) is 12.0 Å². The van der Waals surface area contributed by atoms with Gasteiger partial charge in [-0.3, -0.25) is 0 Å². The number of hydrogen-bond donors (Lipinski definition) is 1. The van der Waals surface area contributed by atoms with E-state index in [1.165, 1.54) is 38.5 Å². The fraction of sp³-hybridized carbons (Fsp3) is 0.714. The molecule has 0 saturated carbocycles. The number of unbranched alkanes of at least 4 members (excludes halogenated alkanes) is 3. The highest BCUT2D eigenvalue weighted by atomic mass is 32.1. The average molecular weight is 237 g/mol. The Morgan fingerprint density at radius 2 is 2.25 bits per heavy atom. The van der Waals surface area contributed by atoms with Crippen molar-refractivity contribution in [2.24, 2.45) is 0 Å². The predicted molar refractivity (Wildman–Crippen MR) is 72.1 cm³/mol. The molecule has 1 aliphatic heterocycles. The van der Waals surface area contributed by atoms with Crippen molar-refractivity contribution in [1.82, 2.24) is 5.32 Å². The smallest absolute Gasteiger partial charge is 0.0503 e. The Labute approximate surface area is 103 Å². The summed E-state index contributed by atoms with van der Waals surface area (Å²) < 4.78 is 0. The minimum atomic E-state index is 0.259. The molecule has 1 aromatic rings. The Balaban J connectivity index is 1.98. The number of thiophene rings is 1. The molecule has 0 aliphatic carbocycles. The molecule has 0 aromatic carbocycles.